The summed E-state index contributed by atoms with van der Waals surface area (Å²) < 4.78 is 5.75. The Bertz CT molecular complexity index is 328. The van der Waals surface area contributed by atoms with Crippen molar-refractivity contribution >= 4 is 15.9 Å². The molecule has 0 saturated heterocycles. The zero-order valence-electron chi connectivity index (χ0n) is 9.89. The van der Waals surface area contributed by atoms with Crippen molar-refractivity contribution in [1.82, 2.24) is 0 Å². The summed E-state index contributed by atoms with van der Waals surface area (Å²) in [7, 11) is 0. The first-order valence-electron chi connectivity index (χ1n) is 6.16. The third-order valence-electron chi connectivity index (χ3n) is 3.46. The van der Waals surface area contributed by atoms with Gasteiger partial charge in [0.15, 0.2) is 0 Å². The second-order valence-electron chi connectivity index (χ2n) is 4.77. The molecule has 0 heterocycles. The average Bonchev–Trinajstić information content (AvgIpc) is 2.71. The quantitative estimate of drug-likeness (QED) is 0.847. The third-order valence-corrected chi connectivity index (χ3v) is 4.21. The molecule has 3 heteroatoms. The van der Waals surface area contributed by atoms with Gasteiger partial charge in [-0.05, 0) is 30.2 Å². The van der Waals surface area contributed by atoms with Gasteiger partial charge in [0.1, 0.15) is 0 Å². The molecule has 0 spiro atoms. The van der Waals surface area contributed by atoms with E-state index in [9.17, 15) is 5.11 Å². The number of benzene rings is 1. The van der Waals surface area contributed by atoms with E-state index < -0.39 is 0 Å². The molecule has 1 fully saturated rings. The number of ether oxygens (including phenoxy) is 1. The van der Waals surface area contributed by atoms with Crippen molar-refractivity contribution in [1.29, 1.82) is 0 Å². The zero-order valence-corrected chi connectivity index (χ0v) is 11.5. The maximum absolute atomic E-state index is 9.29. The Balaban J connectivity index is 1.75. The Labute approximate surface area is 111 Å². The molecule has 3 atom stereocenters. The molecule has 1 aliphatic rings. The monoisotopic (exact) mass is 298 g/mol. The minimum absolute atomic E-state index is 0.279. The first-order valence-corrected chi connectivity index (χ1v) is 7.07. The van der Waals surface area contributed by atoms with Crippen molar-refractivity contribution in [2.24, 2.45) is 11.8 Å². The molecule has 0 amide bonds. The van der Waals surface area contributed by atoms with E-state index in [0.29, 0.717) is 23.3 Å². The number of aliphatic hydroxyl groups is 1. The lowest BCUT2D eigenvalue weighted by Crippen LogP contribution is -2.17. The highest BCUT2D eigenvalue weighted by Gasteiger charge is 2.32. The summed E-state index contributed by atoms with van der Waals surface area (Å²) in [5.41, 5.74) is 1.21. The minimum Gasteiger partial charge on any atom is -0.396 e. The van der Waals surface area contributed by atoms with Crippen molar-refractivity contribution in [2.75, 3.05) is 13.2 Å². The molecule has 1 saturated carbocycles. The fourth-order valence-electron chi connectivity index (χ4n) is 2.47. The molecular formula is C14H19BrO2. The molecule has 2 nitrogen and oxygen atoms in total. The van der Waals surface area contributed by atoms with Crippen LogP contribution in [-0.2, 0) is 11.3 Å². The summed E-state index contributed by atoms with van der Waals surface area (Å²) in [5, 5.41) is 9.29. The van der Waals surface area contributed by atoms with Crippen LogP contribution in [-0.4, -0.2) is 23.1 Å². The zero-order chi connectivity index (χ0) is 12.1. The first-order chi connectivity index (χ1) is 8.29. The van der Waals surface area contributed by atoms with Crippen molar-refractivity contribution in [2.45, 2.75) is 24.3 Å². The van der Waals surface area contributed by atoms with Crippen LogP contribution in [0.5, 0.6) is 0 Å². The highest BCUT2D eigenvalue weighted by atomic mass is 79.9. The van der Waals surface area contributed by atoms with Gasteiger partial charge in [0.25, 0.3) is 0 Å². The molecule has 0 radical (unpaired) electrons. The number of hydrogen-bond donors (Lipinski definition) is 1. The van der Waals surface area contributed by atoms with E-state index in [1.165, 1.54) is 5.56 Å². The van der Waals surface area contributed by atoms with E-state index in [4.69, 9.17) is 4.74 Å². The molecule has 0 bridgehead atoms. The third kappa shape index (κ3) is 3.80. The van der Waals surface area contributed by atoms with Crippen molar-refractivity contribution < 1.29 is 9.84 Å². The summed E-state index contributed by atoms with van der Waals surface area (Å²) in [6.45, 7) is 1.70. The van der Waals surface area contributed by atoms with E-state index in [0.717, 1.165) is 19.4 Å². The lowest BCUT2D eigenvalue weighted by molar-refractivity contribution is 0.0609. The van der Waals surface area contributed by atoms with Crippen LogP contribution >= 0.6 is 15.9 Å². The summed E-state index contributed by atoms with van der Waals surface area (Å²) >= 11 is 3.63. The Morgan fingerprint density at radius 1 is 1.18 bits per heavy atom. The number of hydrogen-bond acceptors (Lipinski definition) is 2. The number of alkyl halides is 1. The minimum atomic E-state index is 0.279. The fraction of sp³-hybridized carbons (Fsp3) is 0.571. The van der Waals surface area contributed by atoms with Crippen LogP contribution in [0.1, 0.15) is 18.4 Å². The molecule has 1 N–H and O–H groups in total. The van der Waals surface area contributed by atoms with Crippen LogP contribution < -0.4 is 0 Å². The molecule has 17 heavy (non-hydrogen) atoms. The van der Waals surface area contributed by atoms with Gasteiger partial charge in [0.2, 0.25) is 0 Å². The summed E-state index contributed by atoms with van der Waals surface area (Å²) in [4.78, 5) is 0.546. The molecule has 94 valence electrons. The van der Waals surface area contributed by atoms with E-state index in [1.54, 1.807) is 0 Å². The van der Waals surface area contributed by atoms with Crippen molar-refractivity contribution in [3.8, 4) is 0 Å². The summed E-state index contributed by atoms with van der Waals surface area (Å²) in [6.07, 6.45) is 2.18. The van der Waals surface area contributed by atoms with Crippen LogP contribution in [0.25, 0.3) is 0 Å². The van der Waals surface area contributed by atoms with Crippen LogP contribution in [0, 0.1) is 11.8 Å². The standard InChI is InChI=1S/C14H19BrO2/c15-14-6-12(8-16)13(7-14)10-17-9-11-4-2-1-3-5-11/h1-5,12-14,16H,6-10H2/t12-,13-,14-/m1/s1. The summed E-state index contributed by atoms with van der Waals surface area (Å²) in [5.74, 6) is 0.892. The number of halogens is 1. The first kappa shape index (κ1) is 13.1. The normalized spacial score (nSPS) is 28.5. The Morgan fingerprint density at radius 2 is 1.88 bits per heavy atom. The Morgan fingerprint density at radius 3 is 2.59 bits per heavy atom. The van der Waals surface area contributed by atoms with Crippen molar-refractivity contribution in [3.63, 3.8) is 0 Å². The second-order valence-corrected chi connectivity index (χ2v) is 6.07. The molecule has 1 aromatic rings. The van der Waals surface area contributed by atoms with E-state index in [1.807, 2.05) is 18.2 Å². The summed E-state index contributed by atoms with van der Waals surface area (Å²) in [6, 6.07) is 10.2. The second kappa shape index (κ2) is 6.53. The number of aliphatic hydroxyl groups excluding tert-OH is 1. The van der Waals surface area contributed by atoms with E-state index in [-0.39, 0.29) is 6.61 Å². The predicted octanol–water partition coefficient (Wildman–Crippen LogP) is 2.99. The van der Waals surface area contributed by atoms with Crippen LogP contribution in [0.15, 0.2) is 30.3 Å². The molecule has 1 aliphatic carbocycles. The molecular weight excluding hydrogens is 280 g/mol. The number of rotatable bonds is 5. The molecule has 2 rings (SSSR count). The van der Waals surface area contributed by atoms with Gasteiger partial charge in [-0.15, -0.1) is 0 Å². The Hall–Kier alpha value is -0.380. The maximum atomic E-state index is 9.29. The van der Waals surface area contributed by atoms with Gasteiger partial charge in [-0.2, -0.15) is 0 Å². The van der Waals surface area contributed by atoms with Gasteiger partial charge >= 0.3 is 0 Å². The average molecular weight is 299 g/mol. The van der Waals surface area contributed by atoms with E-state index in [2.05, 4.69) is 28.1 Å². The van der Waals surface area contributed by atoms with Gasteiger partial charge in [0.05, 0.1) is 13.2 Å². The molecule has 0 aromatic heterocycles. The highest BCUT2D eigenvalue weighted by Crippen LogP contribution is 2.36. The van der Waals surface area contributed by atoms with Crippen molar-refractivity contribution in [3.05, 3.63) is 35.9 Å². The topological polar surface area (TPSA) is 29.5 Å². The largest absolute Gasteiger partial charge is 0.396 e. The smallest absolute Gasteiger partial charge is 0.0717 e. The Kier molecular flexibility index (Phi) is 5.01. The predicted molar refractivity (Wildman–Crippen MR) is 72.1 cm³/mol. The van der Waals surface area contributed by atoms with Gasteiger partial charge < -0.3 is 9.84 Å². The van der Waals surface area contributed by atoms with Crippen LogP contribution in [0.4, 0.5) is 0 Å². The maximum Gasteiger partial charge on any atom is 0.0717 e. The van der Waals surface area contributed by atoms with Gasteiger partial charge in [-0.25, -0.2) is 0 Å². The van der Waals surface area contributed by atoms with E-state index >= 15 is 0 Å². The van der Waals surface area contributed by atoms with Crippen LogP contribution in [0.2, 0.25) is 0 Å². The molecule has 1 aromatic carbocycles. The van der Waals surface area contributed by atoms with Gasteiger partial charge in [-0.1, -0.05) is 46.3 Å². The van der Waals surface area contributed by atoms with Crippen LogP contribution in [0.3, 0.4) is 0 Å². The molecule has 0 aliphatic heterocycles. The van der Waals surface area contributed by atoms with Gasteiger partial charge in [0, 0.05) is 11.4 Å². The highest BCUT2D eigenvalue weighted by molar-refractivity contribution is 9.09. The lowest BCUT2D eigenvalue weighted by Gasteiger charge is -2.17. The SMILES string of the molecule is OC[C@H]1C[C@@H](Br)C[C@@H]1COCc1ccccc1. The lowest BCUT2D eigenvalue weighted by atomic mass is 9.98. The fourth-order valence-corrected chi connectivity index (χ4v) is 3.43. The van der Waals surface area contributed by atoms with Gasteiger partial charge in [-0.3, -0.25) is 0 Å². The molecule has 0 unspecified atom stereocenters.